The number of hydrogen-bond acceptors (Lipinski definition) is 2. The maximum atomic E-state index is 10.3. The lowest BCUT2D eigenvalue weighted by molar-refractivity contribution is 0.596. The molecule has 2 nitrogen and oxygen atoms in total. The van der Waals surface area contributed by atoms with Gasteiger partial charge in [0.2, 0.25) is 0 Å². The van der Waals surface area contributed by atoms with Crippen LogP contribution in [-0.4, -0.2) is 13.7 Å². The minimum Gasteiger partial charge on any atom is -0.232 e. The molecular formula is C6H12O2S. The van der Waals surface area contributed by atoms with E-state index >= 15 is 0 Å². The van der Waals surface area contributed by atoms with E-state index < -0.39 is 10.7 Å². The minimum atomic E-state index is -2.24. The van der Waals surface area contributed by atoms with Crippen LogP contribution in [-0.2, 0) is 10.7 Å². The second-order valence-electron chi connectivity index (χ2n) is 1.87. The van der Waals surface area contributed by atoms with Crippen LogP contribution in [0.1, 0.15) is 19.8 Å². The minimum absolute atomic E-state index is 0.197. The molecule has 54 valence electrons. The fourth-order valence-corrected chi connectivity index (χ4v) is 1.21. The van der Waals surface area contributed by atoms with Crippen molar-refractivity contribution in [2.24, 2.45) is 0 Å². The zero-order valence-corrected chi connectivity index (χ0v) is 6.43. The molecule has 0 N–H and O–H groups in total. The van der Waals surface area contributed by atoms with Gasteiger partial charge in [-0.05, 0) is 12.8 Å². The molecule has 0 radical (unpaired) electrons. The molecule has 0 aromatic carbocycles. The lowest BCUT2D eigenvalue weighted by Crippen LogP contribution is -2.05. The molecule has 0 aliphatic rings. The fraction of sp³-hybridized carbons (Fsp3) is 0.667. The van der Waals surface area contributed by atoms with Gasteiger partial charge in [-0.15, -0.1) is 6.58 Å². The van der Waals surface area contributed by atoms with Crippen molar-refractivity contribution >= 4 is 10.7 Å². The zero-order chi connectivity index (χ0) is 7.28. The monoisotopic (exact) mass is 148 g/mol. The molecule has 0 saturated heterocycles. The van der Waals surface area contributed by atoms with Crippen molar-refractivity contribution in [1.82, 2.24) is 0 Å². The molecule has 0 saturated carbocycles. The van der Waals surface area contributed by atoms with Gasteiger partial charge in [-0.1, -0.05) is 13.0 Å². The molecule has 0 spiro atoms. The Morgan fingerprint density at radius 2 is 2.22 bits per heavy atom. The van der Waals surface area contributed by atoms with E-state index in [2.05, 4.69) is 6.58 Å². The Labute approximate surface area is 57.5 Å². The standard InChI is InChI=1S/C6H12O2S/c1-3-5-6(4-2)9(7)8/h3,6,9H,1,4-5H2,2H3. The van der Waals surface area contributed by atoms with E-state index in [1.165, 1.54) is 0 Å². The summed E-state index contributed by atoms with van der Waals surface area (Å²) in [4.78, 5) is 0. The molecule has 3 heteroatoms. The summed E-state index contributed by atoms with van der Waals surface area (Å²) in [6.45, 7) is 5.32. The molecule has 0 amide bonds. The Kier molecular flexibility index (Phi) is 4.40. The summed E-state index contributed by atoms with van der Waals surface area (Å²) in [5, 5.41) is -0.197. The van der Waals surface area contributed by atoms with E-state index in [0.717, 1.165) is 0 Å². The average Bonchev–Trinajstić information content (AvgIpc) is 1.82. The summed E-state index contributed by atoms with van der Waals surface area (Å²) in [7, 11) is -2.24. The third-order valence-corrected chi connectivity index (χ3v) is 2.38. The first kappa shape index (κ1) is 8.69. The van der Waals surface area contributed by atoms with Crippen LogP contribution in [0.5, 0.6) is 0 Å². The maximum absolute atomic E-state index is 10.3. The molecule has 0 heterocycles. The van der Waals surface area contributed by atoms with Gasteiger partial charge >= 0.3 is 0 Å². The van der Waals surface area contributed by atoms with E-state index in [0.29, 0.717) is 12.8 Å². The quantitative estimate of drug-likeness (QED) is 0.476. The summed E-state index contributed by atoms with van der Waals surface area (Å²) in [6.07, 6.45) is 2.90. The van der Waals surface area contributed by atoms with E-state index in [4.69, 9.17) is 0 Å². The van der Waals surface area contributed by atoms with Crippen LogP contribution in [0.3, 0.4) is 0 Å². The van der Waals surface area contributed by atoms with Crippen LogP contribution in [0.25, 0.3) is 0 Å². The molecule has 0 bridgehead atoms. The number of thiol groups is 1. The van der Waals surface area contributed by atoms with E-state index in [-0.39, 0.29) is 5.25 Å². The normalized spacial score (nSPS) is 13.6. The smallest absolute Gasteiger partial charge is 0.143 e. The number of allylic oxidation sites excluding steroid dienone is 1. The Morgan fingerprint density at radius 3 is 2.33 bits per heavy atom. The van der Waals surface area contributed by atoms with Gasteiger partial charge in [-0.3, -0.25) is 0 Å². The topological polar surface area (TPSA) is 34.1 Å². The summed E-state index contributed by atoms with van der Waals surface area (Å²) in [5.74, 6) is 0. The van der Waals surface area contributed by atoms with Crippen molar-refractivity contribution in [3.05, 3.63) is 12.7 Å². The highest BCUT2D eigenvalue weighted by atomic mass is 32.2. The molecule has 0 aromatic heterocycles. The third kappa shape index (κ3) is 3.30. The van der Waals surface area contributed by atoms with Gasteiger partial charge in [0.1, 0.15) is 10.7 Å². The molecule has 0 aliphatic carbocycles. The van der Waals surface area contributed by atoms with Gasteiger partial charge in [0.15, 0.2) is 0 Å². The molecule has 0 aromatic rings. The first-order valence-electron chi connectivity index (χ1n) is 2.96. The Bertz CT molecular complexity index is 141. The van der Waals surface area contributed by atoms with Crippen LogP contribution in [0.4, 0.5) is 0 Å². The van der Waals surface area contributed by atoms with Crippen molar-refractivity contribution < 1.29 is 8.42 Å². The zero-order valence-electron chi connectivity index (χ0n) is 5.54. The van der Waals surface area contributed by atoms with Crippen LogP contribution in [0.2, 0.25) is 0 Å². The first-order chi connectivity index (χ1) is 4.22. The summed E-state index contributed by atoms with van der Waals surface area (Å²) >= 11 is 0. The Hall–Kier alpha value is -0.310. The van der Waals surface area contributed by atoms with Crippen molar-refractivity contribution in [2.75, 3.05) is 0 Å². The van der Waals surface area contributed by atoms with E-state index in [1.54, 1.807) is 6.08 Å². The Balaban J connectivity index is 3.82. The van der Waals surface area contributed by atoms with Crippen molar-refractivity contribution in [3.8, 4) is 0 Å². The van der Waals surface area contributed by atoms with Gasteiger partial charge in [-0.2, -0.15) is 0 Å². The third-order valence-electron chi connectivity index (χ3n) is 1.21. The summed E-state index contributed by atoms with van der Waals surface area (Å²) in [6, 6.07) is 0. The van der Waals surface area contributed by atoms with Crippen molar-refractivity contribution in [2.45, 2.75) is 25.0 Å². The maximum Gasteiger partial charge on any atom is 0.143 e. The van der Waals surface area contributed by atoms with Gasteiger partial charge in [-0.25, -0.2) is 8.42 Å². The number of rotatable bonds is 4. The second-order valence-corrected chi connectivity index (χ2v) is 3.17. The number of hydrogen-bond donors (Lipinski definition) is 1. The average molecular weight is 148 g/mol. The van der Waals surface area contributed by atoms with Crippen molar-refractivity contribution in [1.29, 1.82) is 0 Å². The van der Waals surface area contributed by atoms with Gasteiger partial charge in [0.25, 0.3) is 0 Å². The SMILES string of the molecule is C=CCC(CC)[SH](=O)=O. The van der Waals surface area contributed by atoms with E-state index in [9.17, 15) is 8.42 Å². The first-order valence-corrected chi connectivity index (χ1v) is 4.21. The second kappa shape index (κ2) is 4.56. The summed E-state index contributed by atoms with van der Waals surface area (Å²) in [5.41, 5.74) is 0. The van der Waals surface area contributed by atoms with Crippen LogP contribution < -0.4 is 0 Å². The lowest BCUT2D eigenvalue weighted by Gasteiger charge is -2.00. The van der Waals surface area contributed by atoms with Gasteiger partial charge in [0.05, 0.1) is 5.25 Å². The Morgan fingerprint density at radius 1 is 1.67 bits per heavy atom. The molecular weight excluding hydrogens is 136 g/mol. The lowest BCUT2D eigenvalue weighted by atomic mass is 10.2. The molecule has 1 atom stereocenters. The van der Waals surface area contributed by atoms with Crippen LogP contribution >= 0.6 is 0 Å². The van der Waals surface area contributed by atoms with Gasteiger partial charge < -0.3 is 0 Å². The van der Waals surface area contributed by atoms with Crippen LogP contribution in [0, 0.1) is 0 Å². The molecule has 0 fully saturated rings. The predicted octanol–water partition coefficient (Wildman–Crippen LogP) is 0.952. The molecule has 1 unspecified atom stereocenters. The van der Waals surface area contributed by atoms with Crippen molar-refractivity contribution in [3.63, 3.8) is 0 Å². The van der Waals surface area contributed by atoms with E-state index in [1.807, 2.05) is 6.92 Å². The largest absolute Gasteiger partial charge is 0.232 e. The highest BCUT2D eigenvalue weighted by Gasteiger charge is 2.04. The summed E-state index contributed by atoms with van der Waals surface area (Å²) < 4.78 is 20.6. The predicted molar refractivity (Wildman–Crippen MR) is 39.2 cm³/mol. The molecule has 9 heavy (non-hydrogen) atoms. The highest BCUT2D eigenvalue weighted by molar-refractivity contribution is 7.73. The molecule has 0 aliphatic heterocycles. The van der Waals surface area contributed by atoms with Crippen LogP contribution in [0.15, 0.2) is 12.7 Å². The molecule has 0 rings (SSSR count). The highest BCUT2D eigenvalue weighted by Crippen LogP contribution is 2.01. The van der Waals surface area contributed by atoms with Gasteiger partial charge in [0, 0.05) is 0 Å². The fourth-order valence-electron chi connectivity index (χ4n) is 0.594.